The van der Waals surface area contributed by atoms with E-state index in [-0.39, 0.29) is 6.42 Å². The molecule has 1 heterocycles. The number of halogens is 2. The molecule has 2 rings (SSSR count). The van der Waals surface area contributed by atoms with Crippen molar-refractivity contribution in [1.29, 1.82) is 0 Å². The zero-order valence-electron chi connectivity index (χ0n) is 9.52. The van der Waals surface area contributed by atoms with Crippen molar-refractivity contribution in [1.82, 2.24) is 9.78 Å². The van der Waals surface area contributed by atoms with Crippen LogP contribution in [-0.2, 0) is 11.2 Å². The van der Waals surface area contributed by atoms with E-state index in [0.29, 0.717) is 16.4 Å². The molecule has 0 amide bonds. The second-order valence-electron chi connectivity index (χ2n) is 3.82. The molecule has 2 aromatic rings. The van der Waals surface area contributed by atoms with Crippen LogP contribution >= 0.6 is 27.5 Å². The van der Waals surface area contributed by atoms with Crippen LogP contribution in [-0.4, -0.2) is 20.9 Å². The molecule has 18 heavy (non-hydrogen) atoms. The largest absolute Gasteiger partial charge is 0.481 e. The monoisotopic (exact) mass is 328 g/mol. The topological polar surface area (TPSA) is 55.1 Å². The van der Waals surface area contributed by atoms with Crippen LogP contribution in [0.15, 0.2) is 28.7 Å². The number of carboxylic acid groups (broad SMARTS) is 1. The molecule has 0 radical (unpaired) electrons. The van der Waals surface area contributed by atoms with Gasteiger partial charge in [0.2, 0.25) is 0 Å². The first kappa shape index (κ1) is 13.1. The fourth-order valence-corrected chi connectivity index (χ4v) is 2.39. The summed E-state index contributed by atoms with van der Waals surface area (Å²) in [5, 5.41) is 13.5. The number of hydrogen-bond acceptors (Lipinski definition) is 2. The van der Waals surface area contributed by atoms with Gasteiger partial charge in [0.05, 0.1) is 17.8 Å². The van der Waals surface area contributed by atoms with E-state index >= 15 is 0 Å². The van der Waals surface area contributed by atoms with Gasteiger partial charge < -0.3 is 5.11 Å². The zero-order valence-corrected chi connectivity index (χ0v) is 11.9. The van der Waals surface area contributed by atoms with Gasteiger partial charge in [-0.2, -0.15) is 5.10 Å². The van der Waals surface area contributed by atoms with Crippen LogP contribution in [0.25, 0.3) is 5.69 Å². The summed E-state index contributed by atoms with van der Waals surface area (Å²) in [7, 11) is 0. The predicted molar refractivity (Wildman–Crippen MR) is 72.4 cm³/mol. The number of carbonyl (C=O) groups is 1. The van der Waals surface area contributed by atoms with Crippen LogP contribution in [0.5, 0.6) is 0 Å². The van der Waals surface area contributed by atoms with E-state index in [2.05, 4.69) is 21.0 Å². The number of aromatic nitrogens is 2. The lowest BCUT2D eigenvalue weighted by molar-refractivity contribution is -0.136. The number of carboxylic acids is 1. The number of rotatable bonds is 3. The number of aryl methyl sites for hydroxylation is 1. The van der Waals surface area contributed by atoms with Crippen molar-refractivity contribution >= 4 is 33.5 Å². The Labute approximate surface area is 117 Å². The van der Waals surface area contributed by atoms with Gasteiger partial charge in [-0.05, 0) is 25.1 Å². The summed E-state index contributed by atoms with van der Waals surface area (Å²) >= 11 is 9.55. The summed E-state index contributed by atoms with van der Waals surface area (Å²) < 4.78 is 2.45. The Kier molecular flexibility index (Phi) is 3.73. The van der Waals surface area contributed by atoms with Crippen LogP contribution < -0.4 is 0 Å². The fraction of sp³-hybridized carbons (Fsp3) is 0.167. The average molecular weight is 330 g/mol. The summed E-state index contributed by atoms with van der Waals surface area (Å²) in [4.78, 5) is 10.8. The van der Waals surface area contributed by atoms with E-state index < -0.39 is 5.97 Å². The summed E-state index contributed by atoms with van der Waals surface area (Å²) in [6.45, 7) is 1.75. The number of benzene rings is 1. The number of nitrogens with zero attached hydrogens (tertiary/aromatic N) is 2. The molecule has 0 bridgehead atoms. The Morgan fingerprint density at radius 3 is 2.89 bits per heavy atom. The second-order valence-corrected chi connectivity index (χ2v) is 5.09. The smallest absolute Gasteiger partial charge is 0.308 e. The van der Waals surface area contributed by atoms with E-state index in [1.54, 1.807) is 11.6 Å². The quantitative estimate of drug-likeness (QED) is 0.940. The Hall–Kier alpha value is -1.33. The summed E-state index contributed by atoms with van der Waals surface area (Å²) in [5.41, 5.74) is 1.96. The Morgan fingerprint density at radius 2 is 2.28 bits per heavy atom. The molecule has 1 aromatic carbocycles. The molecule has 0 aliphatic carbocycles. The van der Waals surface area contributed by atoms with Crippen molar-refractivity contribution in [2.24, 2.45) is 0 Å². The average Bonchev–Trinajstić information content (AvgIpc) is 2.56. The first-order valence-corrected chi connectivity index (χ1v) is 6.38. The molecular weight excluding hydrogens is 320 g/mol. The maximum atomic E-state index is 10.8. The highest BCUT2D eigenvalue weighted by atomic mass is 79.9. The lowest BCUT2D eigenvalue weighted by Crippen LogP contribution is -2.01. The van der Waals surface area contributed by atoms with Gasteiger partial charge in [0.25, 0.3) is 0 Å². The second kappa shape index (κ2) is 5.12. The van der Waals surface area contributed by atoms with Crippen LogP contribution in [0.3, 0.4) is 0 Å². The van der Waals surface area contributed by atoms with E-state index in [1.807, 2.05) is 24.3 Å². The third-order valence-corrected chi connectivity index (χ3v) is 3.38. The predicted octanol–water partition coefficient (Wildman–Crippen LogP) is 3.22. The van der Waals surface area contributed by atoms with Gasteiger partial charge in [-0.15, -0.1) is 0 Å². The van der Waals surface area contributed by atoms with Gasteiger partial charge in [-0.1, -0.05) is 33.6 Å². The lowest BCUT2D eigenvalue weighted by Gasteiger charge is -2.03. The normalized spacial score (nSPS) is 10.6. The molecule has 0 aliphatic heterocycles. The highest BCUT2D eigenvalue weighted by Gasteiger charge is 2.17. The Bertz CT molecular complexity index is 610. The van der Waals surface area contributed by atoms with E-state index in [9.17, 15) is 4.79 Å². The van der Waals surface area contributed by atoms with Gasteiger partial charge >= 0.3 is 5.97 Å². The molecule has 1 N–H and O–H groups in total. The maximum absolute atomic E-state index is 10.8. The minimum Gasteiger partial charge on any atom is -0.481 e. The van der Waals surface area contributed by atoms with Gasteiger partial charge in [0.15, 0.2) is 0 Å². The lowest BCUT2D eigenvalue weighted by atomic mass is 10.2. The summed E-state index contributed by atoms with van der Waals surface area (Å²) in [6.07, 6.45) is -0.126. The molecule has 1 aromatic heterocycles. The molecule has 0 saturated carbocycles. The van der Waals surface area contributed by atoms with Crippen LogP contribution in [0, 0.1) is 6.92 Å². The van der Waals surface area contributed by atoms with Gasteiger partial charge in [-0.3, -0.25) is 4.79 Å². The summed E-state index contributed by atoms with van der Waals surface area (Å²) in [5.74, 6) is -0.922. The van der Waals surface area contributed by atoms with E-state index in [4.69, 9.17) is 16.7 Å². The minimum atomic E-state index is -0.922. The molecule has 4 nitrogen and oxygen atoms in total. The van der Waals surface area contributed by atoms with Crippen molar-refractivity contribution in [3.8, 4) is 5.69 Å². The zero-order chi connectivity index (χ0) is 13.3. The van der Waals surface area contributed by atoms with Gasteiger partial charge in [-0.25, -0.2) is 4.68 Å². The Morgan fingerprint density at radius 1 is 1.56 bits per heavy atom. The van der Waals surface area contributed by atoms with Crippen molar-refractivity contribution in [3.05, 3.63) is 45.1 Å². The molecule has 0 aliphatic rings. The van der Waals surface area contributed by atoms with Crippen LogP contribution in [0.2, 0.25) is 5.15 Å². The fourth-order valence-electron chi connectivity index (χ4n) is 1.66. The molecule has 0 spiro atoms. The standard InChI is InChI=1S/C12H10BrClN2O2/c1-7-10(6-11(17)18)12(14)16(15-7)9-4-2-3-8(13)5-9/h2-5H,6H2,1H3,(H,17,18). The highest BCUT2D eigenvalue weighted by molar-refractivity contribution is 9.10. The van der Waals surface area contributed by atoms with Crippen molar-refractivity contribution in [3.63, 3.8) is 0 Å². The van der Waals surface area contributed by atoms with E-state index in [0.717, 1.165) is 10.2 Å². The first-order valence-electron chi connectivity index (χ1n) is 5.20. The maximum Gasteiger partial charge on any atom is 0.308 e. The van der Waals surface area contributed by atoms with E-state index in [1.165, 1.54) is 0 Å². The molecule has 0 fully saturated rings. The molecule has 0 saturated heterocycles. The number of aliphatic carboxylic acids is 1. The Balaban J connectivity index is 2.50. The third-order valence-electron chi connectivity index (χ3n) is 2.50. The summed E-state index contributed by atoms with van der Waals surface area (Å²) in [6, 6.07) is 7.48. The van der Waals surface area contributed by atoms with Gasteiger partial charge in [0.1, 0.15) is 5.15 Å². The molecule has 6 heteroatoms. The highest BCUT2D eigenvalue weighted by Crippen LogP contribution is 2.25. The third kappa shape index (κ3) is 2.57. The minimum absolute atomic E-state index is 0.126. The molecule has 0 unspecified atom stereocenters. The van der Waals surface area contributed by atoms with Gasteiger partial charge in [0, 0.05) is 10.0 Å². The first-order chi connectivity index (χ1) is 8.49. The number of hydrogen-bond donors (Lipinski definition) is 1. The van der Waals surface area contributed by atoms with Crippen molar-refractivity contribution in [2.75, 3.05) is 0 Å². The molecule has 94 valence electrons. The molecule has 0 atom stereocenters. The SMILES string of the molecule is Cc1nn(-c2cccc(Br)c2)c(Cl)c1CC(=O)O. The van der Waals surface area contributed by atoms with Crippen LogP contribution in [0.1, 0.15) is 11.3 Å². The van der Waals surface area contributed by atoms with Crippen LogP contribution in [0.4, 0.5) is 0 Å². The van der Waals surface area contributed by atoms with Crippen molar-refractivity contribution in [2.45, 2.75) is 13.3 Å². The van der Waals surface area contributed by atoms with Crippen molar-refractivity contribution < 1.29 is 9.90 Å². The molecular formula is C12H10BrClN2O2.